The fourth-order valence-electron chi connectivity index (χ4n) is 3.78. The van der Waals surface area contributed by atoms with Gasteiger partial charge in [-0.1, -0.05) is 6.92 Å². The molecule has 0 aliphatic carbocycles. The van der Waals surface area contributed by atoms with Crippen molar-refractivity contribution in [3.8, 4) is 10.8 Å². The summed E-state index contributed by atoms with van der Waals surface area (Å²) < 4.78 is 5.45. The van der Waals surface area contributed by atoms with Crippen molar-refractivity contribution < 1.29 is 9.53 Å². The molecule has 144 valence electrons. The predicted molar refractivity (Wildman–Crippen MR) is 104 cm³/mol. The van der Waals surface area contributed by atoms with Gasteiger partial charge in [0, 0.05) is 44.6 Å². The van der Waals surface area contributed by atoms with Gasteiger partial charge in [0.1, 0.15) is 4.88 Å². The molecule has 2 aromatic rings. The molecule has 2 fully saturated rings. The Morgan fingerprint density at radius 1 is 1.19 bits per heavy atom. The molecule has 0 atom stereocenters. The van der Waals surface area contributed by atoms with Gasteiger partial charge in [0.25, 0.3) is 5.91 Å². The third kappa shape index (κ3) is 4.02. The van der Waals surface area contributed by atoms with E-state index in [4.69, 9.17) is 4.74 Å². The number of aryl methyl sites for hydroxylation is 1. The van der Waals surface area contributed by atoms with Crippen LogP contribution in [0.15, 0.2) is 18.5 Å². The fraction of sp³-hybridized carbons (Fsp3) is 0.579. The number of nitrogens with zero attached hydrogens (tertiary/aromatic N) is 5. The number of carbonyl (C=O) groups is 1. The first-order valence-electron chi connectivity index (χ1n) is 9.64. The van der Waals surface area contributed by atoms with E-state index < -0.39 is 0 Å². The van der Waals surface area contributed by atoms with Crippen molar-refractivity contribution in [3.05, 3.63) is 29.0 Å². The van der Waals surface area contributed by atoms with Crippen LogP contribution in [0.1, 0.15) is 35.1 Å². The summed E-state index contributed by atoms with van der Waals surface area (Å²) in [5, 5.41) is 0.721. The number of likely N-dealkylation sites (tertiary alicyclic amines) is 1. The SMILES string of the molecule is CCc1nc(-c2ncccn2)sc1C(=O)N1CCC(N2CCOCC2)CC1. The number of ether oxygens (including phenoxy) is 1. The number of piperidine rings is 1. The number of rotatable bonds is 4. The van der Waals surface area contributed by atoms with Crippen LogP contribution in [0, 0.1) is 0 Å². The summed E-state index contributed by atoms with van der Waals surface area (Å²) in [5.41, 5.74) is 0.850. The fourth-order valence-corrected chi connectivity index (χ4v) is 4.85. The third-order valence-corrected chi connectivity index (χ3v) is 6.38. The van der Waals surface area contributed by atoms with Gasteiger partial charge in [0.2, 0.25) is 0 Å². The van der Waals surface area contributed by atoms with Crippen LogP contribution in [0.25, 0.3) is 10.8 Å². The average molecular weight is 388 g/mol. The molecule has 27 heavy (non-hydrogen) atoms. The zero-order valence-corrected chi connectivity index (χ0v) is 16.5. The van der Waals surface area contributed by atoms with Crippen LogP contribution < -0.4 is 0 Å². The summed E-state index contributed by atoms with van der Waals surface area (Å²) in [5.74, 6) is 0.689. The second-order valence-corrected chi connectivity index (χ2v) is 7.89. The van der Waals surface area contributed by atoms with Crippen molar-refractivity contribution in [2.75, 3.05) is 39.4 Å². The minimum atomic E-state index is 0.104. The summed E-state index contributed by atoms with van der Waals surface area (Å²) >= 11 is 1.41. The molecule has 2 aliphatic rings. The Bertz CT molecular complexity index is 768. The minimum absolute atomic E-state index is 0.104. The molecule has 0 aromatic carbocycles. The van der Waals surface area contributed by atoms with Crippen molar-refractivity contribution in [1.29, 1.82) is 0 Å². The van der Waals surface area contributed by atoms with Gasteiger partial charge in [-0.2, -0.15) is 0 Å². The lowest BCUT2D eigenvalue weighted by Gasteiger charge is -2.40. The first kappa shape index (κ1) is 18.5. The first-order valence-corrected chi connectivity index (χ1v) is 10.5. The Morgan fingerprint density at radius 3 is 2.56 bits per heavy atom. The molecule has 0 N–H and O–H groups in total. The normalized spacial score (nSPS) is 19.4. The van der Waals surface area contributed by atoms with Crippen molar-refractivity contribution in [3.63, 3.8) is 0 Å². The van der Waals surface area contributed by atoms with E-state index in [0.717, 1.165) is 74.2 Å². The van der Waals surface area contributed by atoms with Gasteiger partial charge in [-0.15, -0.1) is 11.3 Å². The zero-order chi connectivity index (χ0) is 18.6. The molecule has 8 heteroatoms. The minimum Gasteiger partial charge on any atom is -0.379 e. The van der Waals surface area contributed by atoms with E-state index in [2.05, 4.69) is 19.9 Å². The lowest BCUT2D eigenvalue weighted by atomic mass is 10.0. The predicted octanol–water partition coefficient (Wildman–Crippen LogP) is 2.10. The summed E-state index contributed by atoms with van der Waals surface area (Å²) in [7, 11) is 0. The smallest absolute Gasteiger partial charge is 0.265 e. The summed E-state index contributed by atoms with van der Waals surface area (Å²) in [6.07, 6.45) is 6.19. The molecule has 4 heterocycles. The van der Waals surface area contributed by atoms with E-state index >= 15 is 0 Å². The van der Waals surface area contributed by atoms with E-state index in [1.54, 1.807) is 18.5 Å². The summed E-state index contributed by atoms with van der Waals surface area (Å²) in [6, 6.07) is 2.35. The van der Waals surface area contributed by atoms with E-state index in [0.29, 0.717) is 11.9 Å². The summed E-state index contributed by atoms with van der Waals surface area (Å²) in [4.78, 5) is 31.5. The van der Waals surface area contributed by atoms with E-state index in [-0.39, 0.29) is 5.91 Å². The van der Waals surface area contributed by atoms with Gasteiger partial charge in [-0.3, -0.25) is 9.69 Å². The molecular weight excluding hydrogens is 362 g/mol. The molecule has 0 saturated carbocycles. The van der Waals surface area contributed by atoms with E-state index in [1.807, 2.05) is 11.8 Å². The summed E-state index contributed by atoms with van der Waals surface area (Å²) in [6.45, 7) is 7.31. The number of hydrogen-bond acceptors (Lipinski definition) is 7. The number of carbonyl (C=O) groups excluding carboxylic acids is 1. The highest BCUT2D eigenvalue weighted by Crippen LogP contribution is 2.28. The van der Waals surface area contributed by atoms with E-state index in [9.17, 15) is 4.79 Å². The van der Waals surface area contributed by atoms with Crippen LogP contribution >= 0.6 is 11.3 Å². The second kappa shape index (κ2) is 8.41. The number of morpholine rings is 1. The topological polar surface area (TPSA) is 71.5 Å². The number of thiazole rings is 1. The molecule has 7 nitrogen and oxygen atoms in total. The zero-order valence-electron chi connectivity index (χ0n) is 15.6. The Morgan fingerprint density at radius 2 is 1.89 bits per heavy atom. The lowest BCUT2D eigenvalue weighted by molar-refractivity contribution is 0.00163. The molecule has 2 aliphatic heterocycles. The first-order chi connectivity index (χ1) is 13.3. The third-order valence-electron chi connectivity index (χ3n) is 5.30. The van der Waals surface area contributed by atoms with E-state index in [1.165, 1.54) is 11.3 Å². The molecular formula is C19H25N5O2S. The van der Waals surface area contributed by atoms with Crippen LogP contribution in [-0.2, 0) is 11.2 Å². The highest BCUT2D eigenvalue weighted by Gasteiger charge is 2.30. The number of aromatic nitrogens is 3. The molecule has 0 bridgehead atoms. The highest BCUT2D eigenvalue weighted by atomic mass is 32.1. The Balaban J connectivity index is 1.44. The van der Waals surface area contributed by atoms with Crippen LogP contribution in [0.2, 0.25) is 0 Å². The van der Waals surface area contributed by atoms with Crippen LogP contribution in [-0.4, -0.2) is 76.1 Å². The van der Waals surface area contributed by atoms with Crippen molar-refractivity contribution >= 4 is 17.2 Å². The molecule has 0 radical (unpaired) electrons. The van der Waals surface area contributed by atoms with Crippen LogP contribution in [0.3, 0.4) is 0 Å². The molecule has 0 spiro atoms. The lowest BCUT2D eigenvalue weighted by Crippen LogP contribution is -2.50. The van der Waals surface area contributed by atoms with Gasteiger partial charge in [-0.25, -0.2) is 15.0 Å². The van der Waals surface area contributed by atoms with Gasteiger partial charge in [-0.05, 0) is 25.3 Å². The largest absolute Gasteiger partial charge is 0.379 e. The maximum Gasteiger partial charge on any atom is 0.265 e. The quantitative estimate of drug-likeness (QED) is 0.800. The van der Waals surface area contributed by atoms with Crippen LogP contribution in [0.4, 0.5) is 0 Å². The van der Waals surface area contributed by atoms with Crippen molar-refractivity contribution in [1.82, 2.24) is 24.8 Å². The van der Waals surface area contributed by atoms with Crippen molar-refractivity contribution in [2.45, 2.75) is 32.2 Å². The van der Waals surface area contributed by atoms with Gasteiger partial charge < -0.3 is 9.64 Å². The highest BCUT2D eigenvalue weighted by molar-refractivity contribution is 7.17. The molecule has 0 unspecified atom stereocenters. The Kier molecular flexibility index (Phi) is 5.75. The number of hydrogen-bond donors (Lipinski definition) is 0. The Labute approximate surface area is 163 Å². The van der Waals surface area contributed by atoms with Gasteiger partial charge in [0.15, 0.2) is 10.8 Å². The molecule has 2 saturated heterocycles. The maximum absolute atomic E-state index is 13.1. The standard InChI is InChI=1S/C19H25N5O2S/c1-2-15-16(27-18(22-15)17-20-6-3-7-21-17)19(25)24-8-4-14(5-9-24)23-10-12-26-13-11-23/h3,6-7,14H,2,4-5,8-13H2,1H3. The monoisotopic (exact) mass is 387 g/mol. The average Bonchev–Trinajstić information content (AvgIpc) is 3.19. The maximum atomic E-state index is 13.1. The second-order valence-electron chi connectivity index (χ2n) is 6.89. The Hall–Kier alpha value is -1.90. The van der Waals surface area contributed by atoms with Crippen LogP contribution in [0.5, 0.6) is 0 Å². The van der Waals surface area contributed by atoms with Gasteiger partial charge >= 0.3 is 0 Å². The molecule has 1 amide bonds. The molecule has 2 aromatic heterocycles. The van der Waals surface area contributed by atoms with Gasteiger partial charge in [0.05, 0.1) is 18.9 Å². The molecule has 4 rings (SSSR count). The van der Waals surface area contributed by atoms with Crippen molar-refractivity contribution in [2.24, 2.45) is 0 Å². The number of amides is 1.